The van der Waals surface area contributed by atoms with Gasteiger partial charge in [0.05, 0.1) is 0 Å². The average Bonchev–Trinajstić information content (AvgIpc) is 3.46. The summed E-state index contributed by atoms with van der Waals surface area (Å²) < 4.78 is 4.25. The van der Waals surface area contributed by atoms with Gasteiger partial charge < -0.3 is 14.6 Å². The summed E-state index contributed by atoms with van der Waals surface area (Å²) in [6.45, 7) is 14.2. The van der Waals surface area contributed by atoms with Crippen LogP contribution in [0.2, 0.25) is 5.02 Å². The van der Waals surface area contributed by atoms with Crippen molar-refractivity contribution in [3.8, 4) is 0 Å². The molecule has 1 N–H and O–H groups in total. The van der Waals surface area contributed by atoms with Gasteiger partial charge >= 0.3 is 0 Å². The molecular weight excluding hydrogens is 552 g/mol. The second-order valence-electron chi connectivity index (χ2n) is 12.6. The number of allylic oxidation sites excluding steroid dienone is 1. The smallest absolute Gasteiger partial charge is 0.137 e. The van der Waals surface area contributed by atoms with E-state index in [1.165, 1.54) is 46.4 Å². The quantitative estimate of drug-likeness (QED) is 0.232. The minimum atomic E-state index is 0.359. The van der Waals surface area contributed by atoms with Crippen LogP contribution >= 0.6 is 11.6 Å². The van der Waals surface area contributed by atoms with E-state index in [4.69, 9.17) is 11.6 Å². The van der Waals surface area contributed by atoms with E-state index in [0.29, 0.717) is 5.41 Å². The Labute approximate surface area is 262 Å². The Morgan fingerprint density at radius 2 is 1.77 bits per heavy atom. The molecule has 4 aromatic rings. The van der Waals surface area contributed by atoms with Crippen LogP contribution in [0.4, 0.5) is 5.69 Å². The number of methoxy groups -OCH3 is 1. The molecule has 1 fully saturated rings. The number of rotatable bonds is 7. The van der Waals surface area contributed by atoms with Crippen molar-refractivity contribution < 1.29 is 4.74 Å². The zero-order valence-electron chi connectivity index (χ0n) is 26.1. The lowest BCUT2D eigenvalue weighted by Gasteiger charge is -2.40. The normalized spacial score (nSPS) is 17.1. The van der Waals surface area contributed by atoms with Crippen molar-refractivity contribution in [3.05, 3.63) is 106 Å². The molecule has 2 aliphatic rings. The first kappa shape index (κ1) is 31.1. The van der Waals surface area contributed by atoms with Crippen molar-refractivity contribution in [2.24, 2.45) is 5.41 Å². The second-order valence-corrected chi connectivity index (χ2v) is 13.1. The monoisotopic (exact) mass is 596 g/mol. The number of nitrogens with one attached hydrogen (secondary N) is 1. The number of pyridine rings is 1. The third-order valence-corrected chi connectivity index (χ3v) is 8.96. The van der Waals surface area contributed by atoms with E-state index in [-0.39, 0.29) is 0 Å². The Morgan fingerprint density at radius 3 is 2.49 bits per heavy atom. The summed E-state index contributed by atoms with van der Waals surface area (Å²) in [7, 11) is 3.25. The first-order valence-corrected chi connectivity index (χ1v) is 15.7. The fourth-order valence-corrected chi connectivity index (χ4v) is 6.57. The number of benzene rings is 2. The minimum Gasteiger partial charge on any atom is -0.388 e. The third kappa shape index (κ3) is 7.77. The zero-order chi connectivity index (χ0) is 30.4. The number of hydrogen-bond donors (Lipinski definition) is 1. The van der Waals surface area contributed by atoms with E-state index in [1.54, 1.807) is 19.8 Å². The summed E-state index contributed by atoms with van der Waals surface area (Å²) in [5, 5.41) is 1.96. The first-order chi connectivity index (χ1) is 20.8. The summed E-state index contributed by atoms with van der Waals surface area (Å²) in [5.74, 6) is 0. The van der Waals surface area contributed by atoms with E-state index in [2.05, 4.69) is 87.4 Å². The lowest BCUT2D eigenvalue weighted by atomic mass is 9.73. The van der Waals surface area contributed by atoms with Crippen LogP contribution in [0.25, 0.3) is 22.7 Å². The van der Waals surface area contributed by atoms with Crippen LogP contribution in [0, 0.1) is 5.41 Å². The summed E-state index contributed by atoms with van der Waals surface area (Å²) in [6.07, 6.45) is 10.3. The van der Waals surface area contributed by atoms with Crippen molar-refractivity contribution >= 4 is 40.0 Å². The molecule has 0 atom stereocenters. The number of aromatic nitrogens is 2. The van der Waals surface area contributed by atoms with E-state index in [1.807, 2.05) is 30.6 Å². The molecule has 1 aliphatic heterocycles. The fraction of sp³-hybridized carbons (Fsp3) is 0.378. The average molecular weight is 597 g/mol. The summed E-state index contributed by atoms with van der Waals surface area (Å²) >= 11 is 6.20. The fourth-order valence-electron chi connectivity index (χ4n) is 6.44. The predicted molar refractivity (Wildman–Crippen MR) is 183 cm³/mol. The molecule has 226 valence electrons. The maximum atomic E-state index is 6.20. The van der Waals surface area contributed by atoms with Gasteiger partial charge in [0.15, 0.2) is 0 Å². The molecule has 43 heavy (non-hydrogen) atoms. The Hall–Kier alpha value is -3.38. The van der Waals surface area contributed by atoms with Gasteiger partial charge in [0.25, 0.3) is 0 Å². The first-order valence-electron chi connectivity index (χ1n) is 15.3. The number of ether oxygens (including phenoxy) is 1. The Morgan fingerprint density at radius 1 is 1.02 bits per heavy atom. The van der Waals surface area contributed by atoms with E-state index in [0.717, 1.165) is 61.6 Å². The molecule has 5 nitrogen and oxygen atoms in total. The number of H-pyrrole nitrogens is 1. The van der Waals surface area contributed by atoms with E-state index >= 15 is 0 Å². The molecule has 0 saturated carbocycles. The van der Waals surface area contributed by atoms with Crippen molar-refractivity contribution in [2.45, 2.75) is 39.5 Å². The largest absolute Gasteiger partial charge is 0.388 e. The SMILES string of the molecule is C=Cc1ccc(N2CCN(CC3=C(c4ccc(Cl)cc4)CCC(C)(C)C3)CC2)cc1Cc1cnc2[nH]ccc2c1.COC. The predicted octanol–water partition coefficient (Wildman–Crippen LogP) is 8.50. The van der Waals surface area contributed by atoms with Crippen LogP contribution < -0.4 is 4.90 Å². The van der Waals surface area contributed by atoms with Crippen LogP contribution in [-0.4, -0.2) is 61.8 Å². The van der Waals surface area contributed by atoms with Crippen molar-refractivity contribution in [1.29, 1.82) is 0 Å². The maximum Gasteiger partial charge on any atom is 0.137 e. The van der Waals surface area contributed by atoms with Gasteiger partial charge in [-0.3, -0.25) is 4.90 Å². The summed E-state index contributed by atoms with van der Waals surface area (Å²) in [4.78, 5) is 13.0. The van der Waals surface area contributed by atoms with Gasteiger partial charge in [-0.25, -0.2) is 4.98 Å². The van der Waals surface area contributed by atoms with Crippen LogP contribution in [-0.2, 0) is 11.2 Å². The van der Waals surface area contributed by atoms with Crippen LogP contribution in [0.1, 0.15) is 55.4 Å². The molecule has 1 aliphatic carbocycles. The molecule has 6 rings (SSSR count). The summed E-state index contributed by atoms with van der Waals surface area (Å²) in [5.41, 5.74) is 10.8. The molecule has 1 saturated heterocycles. The molecular formula is C37H45ClN4O. The molecule has 0 unspecified atom stereocenters. The Kier molecular flexibility index (Phi) is 10.1. The third-order valence-electron chi connectivity index (χ3n) is 8.71. The molecule has 0 spiro atoms. The number of piperazine rings is 1. The molecule has 2 aromatic carbocycles. The highest BCUT2D eigenvalue weighted by Crippen LogP contribution is 2.43. The molecule has 2 aromatic heterocycles. The van der Waals surface area contributed by atoms with E-state index in [9.17, 15) is 0 Å². The van der Waals surface area contributed by atoms with Crippen molar-refractivity contribution in [3.63, 3.8) is 0 Å². The number of halogens is 1. The number of anilines is 1. The molecule has 0 bridgehead atoms. The lowest BCUT2D eigenvalue weighted by Crippen LogP contribution is -2.47. The van der Waals surface area contributed by atoms with Gasteiger partial charge in [-0.2, -0.15) is 0 Å². The van der Waals surface area contributed by atoms with Crippen molar-refractivity contribution in [2.75, 3.05) is 51.8 Å². The highest BCUT2D eigenvalue weighted by molar-refractivity contribution is 6.30. The summed E-state index contributed by atoms with van der Waals surface area (Å²) in [6, 6.07) is 19.6. The standard InChI is InChI=1S/C35H39ClN4.C2H6O/c1-4-26-7-10-32(21-29(26)20-25-19-28-12-14-37-34(28)38-23-25)40-17-15-39(16-18-40)24-30-22-35(2,3)13-11-33(30)27-5-8-31(36)9-6-27;1-3-2/h4-10,12,14,19,21,23H,1,11,13,15-18,20,22,24H2,2-3H3,(H,37,38);1-2H3. The van der Waals surface area contributed by atoms with Crippen LogP contribution in [0.5, 0.6) is 0 Å². The van der Waals surface area contributed by atoms with Gasteiger partial charge in [-0.1, -0.05) is 61.9 Å². The van der Waals surface area contributed by atoms with Gasteiger partial charge in [0, 0.05) is 75.4 Å². The number of nitrogens with zero attached hydrogens (tertiary/aromatic N) is 3. The van der Waals surface area contributed by atoms with Gasteiger partial charge in [0.1, 0.15) is 5.65 Å². The number of hydrogen-bond acceptors (Lipinski definition) is 4. The molecule has 0 amide bonds. The minimum absolute atomic E-state index is 0.359. The second kappa shape index (κ2) is 13.9. The Bertz CT molecular complexity index is 1560. The van der Waals surface area contributed by atoms with E-state index < -0.39 is 0 Å². The molecule has 3 heterocycles. The lowest BCUT2D eigenvalue weighted by molar-refractivity contribution is 0.256. The van der Waals surface area contributed by atoms with Gasteiger partial charge in [-0.15, -0.1) is 0 Å². The molecule has 0 radical (unpaired) electrons. The van der Waals surface area contributed by atoms with Gasteiger partial charge in [0.2, 0.25) is 0 Å². The maximum absolute atomic E-state index is 6.20. The highest BCUT2D eigenvalue weighted by Gasteiger charge is 2.29. The van der Waals surface area contributed by atoms with Crippen LogP contribution in [0.3, 0.4) is 0 Å². The number of aromatic amines is 1. The topological polar surface area (TPSA) is 44.4 Å². The van der Waals surface area contributed by atoms with Gasteiger partial charge in [-0.05, 0) is 95.3 Å². The van der Waals surface area contributed by atoms with Crippen LogP contribution in [0.15, 0.2) is 79.1 Å². The highest BCUT2D eigenvalue weighted by atomic mass is 35.5. The zero-order valence-corrected chi connectivity index (χ0v) is 26.9. The van der Waals surface area contributed by atoms with Crippen molar-refractivity contribution in [1.82, 2.24) is 14.9 Å². The Balaban J connectivity index is 0.00000118. The number of fused-ring (bicyclic) bond motifs is 1. The molecule has 6 heteroatoms.